The quantitative estimate of drug-likeness (QED) is 0.449. The molecule has 1 amide bonds. The van der Waals surface area contributed by atoms with Crippen LogP contribution in [-0.4, -0.2) is 41.7 Å². The van der Waals surface area contributed by atoms with Crippen molar-refractivity contribution < 1.29 is 28.2 Å². The maximum atomic E-state index is 13.8. The number of ether oxygens (including phenoxy) is 3. The number of pyridine rings is 1. The topological polar surface area (TPSA) is 104 Å². The minimum absolute atomic E-state index is 0.124. The first-order valence-electron chi connectivity index (χ1n) is 11.3. The lowest BCUT2D eigenvalue weighted by Crippen LogP contribution is -2.33. The highest BCUT2D eigenvalue weighted by Crippen LogP contribution is 2.31. The molecule has 0 fully saturated rings. The Morgan fingerprint density at radius 3 is 2.50 bits per heavy atom. The number of carbonyl (C=O) groups is 2. The fourth-order valence-corrected chi connectivity index (χ4v) is 3.46. The second-order valence-corrected chi connectivity index (χ2v) is 9.18. The highest BCUT2D eigenvalue weighted by molar-refractivity contribution is 5.91. The van der Waals surface area contributed by atoms with Gasteiger partial charge in [0.05, 0.1) is 12.7 Å². The van der Waals surface area contributed by atoms with Crippen LogP contribution in [0.2, 0.25) is 0 Å². The Kier molecular flexibility index (Phi) is 8.14. The van der Waals surface area contributed by atoms with Gasteiger partial charge in [0.2, 0.25) is 0 Å². The van der Waals surface area contributed by atoms with E-state index in [1.807, 2.05) is 45.0 Å². The molecule has 0 bridgehead atoms. The molecule has 0 aliphatic heterocycles. The fourth-order valence-electron chi connectivity index (χ4n) is 3.46. The van der Waals surface area contributed by atoms with Crippen molar-refractivity contribution in [3.8, 4) is 16.9 Å². The zero-order valence-electron chi connectivity index (χ0n) is 21.0. The number of hydrogen-bond donors (Lipinski definition) is 1. The second-order valence-electron chi connectivity index (χ2n) is 9.18. The van der Waals surface area contributed by atoms with Gasteiger partial charge in [-0.25, -0.2) is 19.0 Å². The van der Waals surface area contributed by atoms with Gasteiger partial charge in [0.1, 0.15) is 18.0 Å². The third-order valence-electron chi connectivity index (χ3n) is 5.18. The average molecular weight is 496 g/mol. The molecule has 0 aliphatic rings. The van der Waals surface area contributed by atoms with Crippen molar-refractivity contribution in [3.63, 3.8) is 0 Å². The second kappa shape index (κ2) is 11.1. The summed E-state index contributed by atoms with van der Waals surface area (Å²) >= 11 is 0. The first-order chi connectivity index (χ1) is 17.0. The summed E-state index contributed by atoms with van der Waals surface area (Å²) in [5.41, 5.74) is 8.33. The monoisotopic (exact) mass is 495 g/mol. The lowest BCUT2D eigenvalue weighted by atomic mass is 10.0. The number of aromatic nitrogens is 1. The van der Waals surface area contributed by atoms with Crippen LogP contribution in [-0.2, 0) is 22.6 Å². The van der Waals surface area contributed by atoms with E-state index in [1.54, 1.807) is 19.3 Å². The van der Waals surface area contributed by atoms with Crippen LogP contribution < -0.4 is 10.5 Å². The number of nitrogen functional groups attached to an aromatic ring is 1. The maximum absolute atomic E-state index is 13.8. The number of carbonyl (C=O) groups excluding carboxylic acids is 2. The van der Waals surface area contributed by atoms with Crippen molar-refractivity contribution in [2.75, 3.05) is 19.9 Å². The van der Waals surface area contributed by atoms with Gasteiger partial charge in [0, 0.05) is 30.9 Å². The van der Waals surface area contributed by atoms with Gasteiger partial charge >= 0.3 is 12.1 Å². The number of amides is 1. The van der Waals surface area contributed by atoms with E-state index >= 15 is 0 Å². The predicted octanol–water partition coefficient (Wildman–Crippen LogP) is 5.20. The first-order valence-corrected chi connectivity index (χ1v) is 11.3. The lowest BCUT2D eigenvalue weighted by Gasteiger charge is -2.25. The van der Waals surface area contributed by atoms with E-state index in [9.17, 15) is 14.0 Å². The number of nitrogens with zero attached hydrogens (tertiary/aromatic N) is 2. The third-order valence-corrected chi connectivity index (χ3v) is 5.18. The molecule has 190 valence electrons. The van der Waals surface area contributed by atoms with Gasteiger partial charge in [-0.1, -0.05) is 24.3 Å². The summed E-state index contributed by atoms with van der Waals surface area (Å²) in [4.78, 5) is 30.2. The molecule has 0 saturated carbocycles. The van der Waals surface area contributed by atoms with E-state index in [-0.39, 0.29) is 23.7 Å². The Labute approximate surface area is 209 Å². The summed E-state index contributed by atoms with van der Waals surface area (Å²) in [6.07, 6.45) is 1.17. The van der Waals surface area contributed by atoms with Gasteiger partial charge in [-0.05, 0) is 56.2 Å². The van der Waals surface area contributed by atoms with E-state index in [4.69, 9.17) is 19.9 Å². The third kappa shape index (κ3) is 6.71. The van der Waals surface area contributed by atoms with Gasteiger partial charge in [0.25, 0.3) is 0 Å². The Bertz CT molecular complexity index is 1260. The van der Waals surface area contributed by atoms with Crippen molar-refractivity contribution in [1.82, 2.24) is 9.88 Å². The van der Waals surface area contributed by atoms with Gasteiger partial charge in [-0.15, -0.1) is 0 Å². The fraction of sp³-hybridized carbons (Fsp3) is 0.296. The minimum Gasteiger partial charge on any atom is -0.485 e. The smallest absolute Gasteiger partial charge is 0.410 e. The van der Waals surface area contributed by atoms with Crippen LogP contribution in [0.4, 0.5) is 15.0 Å². The number of benzene rings is 2. The molecule has 0 spiro atoms. The molecule has 2 N–H and O–H groups in total. The van der Waals surface area contributed by atoms with Crippen LogP contribution in [0.15, 0.2) is 54.7 Å². The summed E-state index contributed by atoms with van der Waals surface area (Å²) in [7, 11) is 2.91. The normalized spacial score (nSPS) is 11.1. The van der Waals surface area contributed by atoms with Crippen molar-refractivity contribution in [2.45, 2.75) is 39.5 Å². The average Bonchev–Trinajstić information content (AvgIpc) is 2.82. The van der Waals surface area contributed by atoms with Crippen molar-refractivity contribution in [3.05, 3.63) is 77.2 Å². The lowest BCUT2D eigenvalue weighted by molar-refractivity contribution is 0.0285. The number of halogens is 1. The molecule has 1 aromatic heterocycles. The predicted molar refractivity (Wildman–Crippen MR) is 134 cm³/mol. The van der Waals surface area contributed by atoms with Gasteiger partial charge in [0.15, 0.2) is 11.6 Å². The first kappa shape index (κ1) is 26.5. The standard InChI is InChI=1S/C27H30FN3O5/c1-27(2,3)36-26(33)31(4)15-17-8-6-7-9-21(17)18-13-23(24(29)30-14-18)35-16-19-12-20(28)10-11-22(19)25(32)34-5/h6-14H,15-16H2,1-5H3,(H2,29,30). The number of nitrogens with two attached hydrogens (primary N) is 1. The molecule has 2 aromatic carbocycles. The van der Waals surface area contributed by atoms with Crippen molar-refractivity contribution in [1.29, 1.82) is 0 Å². The molecule has 36 heavy (non-hydrogen) atoms. The molecule has 0 atom stereocenters. The number of hydrogen-bond acceptors (Lipinski definition) is 7. The van der Waals surface area contributed by atoms with Crippen LogP contribution in [0.3, 0.4) is 0 Å². The molecule has 0 saturated heterocycles. The molecule has 8 nitrogen and oxygen atoms in total. The van der Waals surface area contributed by atoms with E-state index in [2.05, 4.69) is 4.98 Å². The van der Waals surface area contributed by atoms with Gasteiger partial charge in [-0.2, -0.15) is 0 Å². The molecule has 1 heterocycles. The Balaban J connectivity index is 1.85. The maximum Gasteiger partial charge on any atom is 0.410 e. The summed E-state index contributed by atoms with van der Waals surface area (Å²) in [5.74, 6) is -0.707. The number of esters is 1. The number of rotatable bonds is 7. The molecule has 0 unspecified atom stereocenters. The largest absolute Gasteiger partial charge is 0.485 e. The summed E-state index contributed by atoms with van der Waals surface area (Å²) < 4.78 is 29.9. The van der Waals surface area contributed by atoms with Gasteiger partial charge < -0.3 is 24.8 Å². The van der Waals surface area contributed by atoms with Gasteiger partial charge in [-0.3, -0.25) is 0 Å². The van der Waals surface area contributed by atoms with Crippen molar-refractivity contribution in [2.24, 2.45) is 0 Å². The van der Waals surface area contributed by atoms with E-state index in [0.29, 0.717) is 17.7 Å². The molecular formula is C27H30FN3O5. The number of anilines is 1. The van der Waals surface area contributed by atoms with E-state index < -0.39 is 23.5 Å². The molecule has 3 aromatic rings. The molecule has 9 heteroatoms. The minimum atomic E-state index is -0.604. The molecule has 3 rings (SSSR count). The van der Waals surface area contributed by atoms with E-state index in [1.165, 1.54) is 30.2 Å². The zero-order valence-corrected chi connectivity index (χ0v) is 21.0. The zero-order chi connectivity index (χ0) is 26.5. The Morgan fingerprint density at radius 1 is 1.08 bits per heavy atom. The molecule has 0 radical (unpaired) electrons. The van der Waals surface area contributed by atoms with Crippen LogP contribution in [0.25, 0.3) is 11.1 Å². The Morgan fingerprint density at radius 2 is 1.81 bits per heavy atom. The summed E-state index contributed by atoms with van der Waals surface area (Å²) in [6, 6.07) is 13.0. The molecular weight excluding hydrogens is 465 g/mol. The SMILES string of the molecule is COC(=O)c1ccc(F)cc1COc1cc(-c2ccccc2CN(C)C(=O)OC(C)(C)C)cnc1N. The Hall–Kier alpha value is -4.14. The van der Waals surface area contributed by atoms with Crippen LogP contribution in [0.5, 0.6) is 5.75 Å². The highest BCUT2D eigenvalue weighted by Gasteiger charge is 2.21. The van der Waals surface area contributed by atoms with Crippen LogP contribution >= 0.6 is 0 Å². The van der Waals surface area contributed by atoms with Crippen LogP contribution in [0.1, 0.15) is 42.3 Å². The van der Waals surface area contributed by atoms with Crippen LogP contribution in [0, 0.1) is 5.82 Å². The summed E-state index contributed by atoms with van der Waals surface area (Å²) in [5, 5.41) is 0. The summed E-state index contributed by atoms with van der Waals surface area (Å²) in [6.45, 7) is 5.61. The van der Waals surface area contributed by atoms with E-state index in [0.717, 1.165) is 11.1 Å². The van der Waals surface area contributed by atoms with Crippen molar-refractivity contribution >= 4 is 17.9 Å². The number of methoxy groups -OCH3 is 1. The highest BCUT2D eigenvalue weighted by atomic mass is 19.1. The molecule has 0 aliphatic carbocycles.